The third-order valence-electron chi connectivity index (χ3n) is 3.95. The summed E-state index contributed by atoms with van der Waals surface area (Å²) >= 11 is 0. The fourth-order valence-corrected chi connectivity index (χ4v) is 2.52. The van der Waals surface area contributed by atoms with Crippen molar-refractivity contribution in [3.05, 3.63) is 30.4 Å². The molecule has 0 bridgehead atoms. The molecule has 0 aliphatic heterocycles. The van der Waals surface area contributed by atoms with E-state index in [4.69, 9.17) is 14.2 Å². The number of ketones is 1. The van der Waals surface area contributed by atoms with Crippen LogP contribution >= 0.6 is 0 Å². The Bertz CT molecular complexity index is 623. The van der Waals surface area contributed by atoms with E-state index in [-0.39, 0.29) is 28.9 Å². The Balaban J connectivity index is 2.54. The molecule has 0 aliphatic carbocycles. The molecule has 0 aliphatic rings. The zero-order valence-electron chi connectivity index (χ0n) is 15.7. The number of methoxy groups -OCH3 is 2. The first-order chi connectivity index (χ1) is 12.4. The van der Waals surface area contributed by atoms with Gasteiger partial charge in [0.2, 0.25) is 0 Å². The van der Waals surface area contributed by atoms with E-state index in [2.05, 4.69) is 6.58 Å². The number of hydrogen-bond donors (Lipinski definition) is 1. The molecule has 26 heavy (non-hydrogen) atoms. The highest BCUT2D eigenvalue weighted by Gasteiger charge is 2.22. The molecule has 1 rings (SSSR count). The second-order valence-electron chi connectivity index (χ2n) is 6.05. The molecule has 1 aromatic rings. The first-order valence-corrected chi connectivity index (χ1v) is 8.71. The van der Waals surface area contributed by atoms with Gasteiger partial charge in [-0.05, 0) is 32.6 Å². The molecule has 6 nitrogen and oxygen atoms in total. The minimum atomic E-state index is -0.674. The van der Waals surface area contributed by atoms with Crippen LogP contribution in [0.5, 0.6) is 17.2 Å². The maximum atomic E-state index is 12.3. The molecule has 0 radical (unpaired) electrons. The molecule has 0 heterocycles. The molecule has 0 saturated heterocycles. The fraction of sp³-hybridized carbons (Fsp3) is 0.500. The number of phenolic OH excluding ortho intramolecular Hbond substituents is 1. The second-order valence-corrected chi connectivity index (χ2v) is 6.05. The number of ether oxygens (including phenoxy) is 3. The number of esters is 1. The van der Waals surface area contributed by atoms with Crippen LogP contribution in [0.2, 0.25) is 0 Å². The van der Waals surface area contributed by atoms with Crippen molar-refractivity contribution in [2.75, 3.05) is 14.2 Å². The fourth-order valence-electron chi connectivity index (χ4n) is 2.52. The van der Waals surface area contributed by atoms with Gasteiger partial charge in [0.1, 0.15) is 28.6 Å². The van der Waals surface area contributed by atoms with Crippen LogP contribution in [0.3, 0.4) is 0 Å². The Morgan fingerprint density at radius 2 is 1.88 bits per heavy atom. The SMILES string of the molecule is C=CCCCC(=O)CCCC(C)OC(=O)c1c(O)cc(OC)cc1OC. The van der Waals surface area contributed by atoms with Crippen LogP contribution in [-0.4, -0.2) is 37.2 Å². The Labute approximate surface area is 154 Å². The number of unbranched alkanes of at least 4 members (excludes halogenated alkanes) is 1. The summed E-state index contributed by atoms with van der Waals surface area (Å²) in [5, 5.41) is 10.1. The topological polar surface area (TPSA) is 82.1 Å². The van der Waals surface area contributed by atoms with Gasteiger partial charge in [0, 0.05) is 25.0 Å². The second kappa shape index (κ2) is 11.2. The zero-order valence-corrected chi connectivity index (χ0v) is 15.7. The maximum absolute atomic E-state index is 12.3. The minimum absolute atomic E-state index is 0.0411. The zero-order chi connectivity index (χ0) is 19.5. The van der Waals surface area contributed by atoms with Crippen molar-refractivity contribution < 1.29 is 28.9 Å². The maximum Gasteiger partial charge on any atom is 0.346 e. The molecule has 1 aromatic carbocycles. The van der Waals surface area contributed by atoms with Gasteiger partial charge < -0.3 is 19.3 Å². The normalized spacial score (nSPS) is 11.5. The number of hydrogen-bond acceptors (Lipinski definition) is 6. The monoisotopic (exact) mass is 364 g/mol. The van der Waals surface area contributed by atoms with Gasteiger partial charge >= 0.3 is 5.97 Å². The van der Waals surface area contributed by atoms with Gasteiger partial charge in [0.15, 0.2) is 0 Å². The Hall–Kier alpha value is -2.50. The van der Waals surface area contributed by atoms with Gasteiger partial charge in [0.05, 0.1) is 20.3 Å². The van der Waals surface area contributed by atoms with Crippen molar-refractivity contribution in [3.63, 3.8) is 0 Å². The molecule has 0 fully saturated rings. The Kier molecular flexibility index (Phi) is 9.26. The number of rotatable bonds is 12. The van der Waals surface area contributed by atoms with Crippen LogP contribution in [0.15, 0.2) is 24.8 Å². The van der Waals surface area contributed by atoms with Crippen LogP contribution in [0.1, 0.15) is 55.8 Å². The van der Waals surface area contributed by atoms with E-state index in [0.717, 1.165) is 12.8 Å². The molecular formula is C20H28O6. The number of benzene rings is 1. The molecule has 0 aromatic heterocycles. The molecule has 0 spiro atoms. The largest absolute Gasteiger partial charge is 0.507 e. The van der Waals surface area contributed by atoms with Crippen molar-refractivity contribution in [1.82, 2.24) is 0 Å². The number of phenols is 1. The van der Waals surface area contributed by atoms with E-state index in [0.29, 0.717) is 31.4 Å². The average Bonchev–Trinajstić information content (AvgIpc) is 2.60. The molecule has 1 atom stereocenters. The highest BCUT2D eigenvalue weighted by atomic mass is 16.5. The van der Waals surface area contributed by atoms with Gasteiger partial charge in [-0.25, -0.2) is 4.79 Å². The van der Waals surface area contributed by atoms with Crippen LogP contribution < -0.4 is 9.47 Å². The molecule has 0 saturated carbocycles. The lowest BCUT2D eigenvalue weighted by molar-refractivity contribution is -0.119. The summed E-state index contributed by atoms with van der Waals surface area (Å²) in [6.07, 6.45) is 5.32. The Morgan fingerprint density at radius 3 is 2.50 bits per heavy atom. The number of carbonyl (C=O) groups is 2. The molecular weight excluding hydrogens is 336 g/mol. The number of Topliss-reactive ketones (excluding diaryl/α,β-unsaturated/α-hetero) is 1. The number of aromatic hydroxyl groups is 1. The predicted octanol–water partition coefficient (Wildman–Crippen LogP) is 4.05. The highest BCUT2D eigenvalue weighted by molar-refractivity contribution is 5.96. The third-order valence-corrected chi connectivity index (χ3v) is 3.95. The van der Waals surface area contributed by atoms with Gasteiger partial charge in [-0.3, -0.25) is 4.79 Å². The summed E-state index contributed by atoms with van der Waals surface area (Å²) in [4.78, 5) is 24.1. The van der Waals surface area contributed by atoms with E-state index in [9.17, 15) is 14.7 Å². The summed E-state index contributed by atoms with van der Waals surface area (Å²) < 4.78 is 15.5. The summed E-state index contributed by atoms with van der Waals surface area (Å²) in [5.41, 5.74) is -0.0411. The van der Waals surface area contributed by atoms with Crippen LogP contribution in [-0.2, 0) is 9.53 Å². The van der Waals surface area contributed by atoms with Gasteiger partial charge in [-0.2, -0.15) is 0 Å². The van der Waals surface area contributed by atoms with Crippen molar-refractivity contribution in [3.8, 4) is 17.2 Å². The van der Waals surface area contributed by atoms with Crippen molar-refractivity contribution in [2.45, 2.75) is 51.6 Å². The summed E-state index contributed by atoms with van der Waals surface area (Å²) in [6, 6.07) is 2.83. The number of carbonyl (C=O) groups excluding carboxylic acids is 2. The van der Waals surface area contributed by atoms with Gasteiger partial charge in [-0.1, -0.05) is 6.08 Å². The van der Waals surface area contributed by atoms with Crippen molar-refractivity contribution in [1.29, 1.82) is 0 Å². The van der Waals surface area contributed by atoms with Crippen LogP contribution in [0, 0.1) is 0 Å². The van der Waals surface area contributed by atoms with Crippen molar-refractivity contribution >= 4 is 11.8 Å². The lowest BCUT2D eigenvalue weighted by Gasteiger charge is -2.16. The summed E-state index contributed by atoms with van der Waals surface area (Å²) in [6.45, 7) is 5.39. The molecule has 1 N–H and O–H groups in total. The smallest absolute Gasteiger partial charge is 0.346 e. The highest BCUT2D eigenvalue weighted by Crippen LogP contribution is 2.34. The summed E-state index contributed by atoms with van der Waals surface area (Å²) in [7, 11) is 2.85. The number of allylic oxidation sites excluding steroid dienone is 1. The average molecular weight is 364 g/mol. The first kappa shape index (κ1) is 21.5. The molecule has 1 unspecified atom stereocenters. The Morgan fingerprint density at radius 1 is 1.19 bits per heavy atom. The standard InChI is InChI=1S/C20H28O6/c1-5-6-7-10-15(21)11-8-9-14(2)26-20(23)19-17(22)12-16(24-3)13-18(19)25-4/h5,12-14,22H,1,6-11H2,2-4H3. The van der Waals surface area contributed by atoms with Gasteiger partial charge in [-0.15, -0.1) is 6.58 Å². The molecule has 0 amide bonds. The minimum Gasteiger partial charge on any atom is -0.507 e. The lowest BCUT2D eigenvalue weighted by Crippen LogP contribution is -2.16. The lowest BCUT2D eigenvalue weighted by atomic mass is 10.1. The third kappa shape index (κ3) is 6.78. The summed E-state index contributed by atoms with van der Waals surface area (Å²) in [5.74, 6) is -0.183. The quantitative estimate of drug-likeness (QED) is 0.342. The van der Waals surface area contributed by atoms with Gasteiger partial charge in [0.25, 0.3) is 0 Å². The molecule has 144 valence electrons. The first-order valence-electron chi connectivity index (χ1n) is 8.71. The van der Waals surface area contributed by atoms with Crippen molar-refractivity contribution in [2.24, 2.45) is 0 Å². The van der Waals surface area contributed by atoms with E-state index < -0.39 is 5.97 Å². The van der Waals surface area contributed by atoms with E-state index in [1.807, 2.05) is 0 Å². The van der Waals surface area contributed by atoms with Crippen LogP contribution in [0.4, 0.5) is 0 Å². The van der Waals surface area contributed by atoms with Crippen LogP contribution in [0.25, 0.3) is 0 Å². The van der Waals surface area contributed by atoms with E-state index >= 15 is 0 Å². The van der Waals surface area contributed by atoms with E-state index in [1.165, 1.54) is 26.4 Å². The molecule has 6 heteroatoms. The van der Waals surface area contributed by atoms with E-state index in [1.54, 1.807) is 13.0 Å². The predicted molar refractivity (Wildman–Crippen MR) is 99.0 cm³/mol.